The van der Waals surface area contributed by atoms with Crippen LogP contribution in [0.5, 0.6) is 11.5 Å². The fourth-order valence-electron chi connectivity index (χ4n) is 1.76. The monoisotopic (exact) mass is 270 g/mol. The first kappa shape index (κ1) is 13.8. The molecular formula is C16H14O4. The van der Waals surface area contributed by atoms with E-state index in [1.165, 1.54) is 7.11 Å². The van der Waals surface area contributed by atoms with Crippen molar-refractivity contribution in [1.82, 2.24) is 0 Å². The zero-order chi connectivity index (χ0) is 14.5. The molecule has 0 aromatic heterocycles. The van der Waals surface area contributed by atoms with E-state index >= 15 is 0 Å². The lowest BCUT2D eigenvalue weighted by Gasteiger charge is -2.09. The first-order chi connectivity index (χ1) is 9.63. The molecule has 2 aromatic carbocycles. The average Bonchev–Trinajstić information content (AvgIpc) is 2.49. The van der Waals surface area contributed by atoms with Crippen molar-refractivity contribution in [2.24, 2.45) is 0 Å². The molecule has 0 aliphatic carbocycles. The average molecular weight is 270 g/mol. The van der Waals surface area contributed by atoms with Gasteiger partial charge >= 0.3 is 5.97 Å². The number of carbonyl (C=O) groups excluding carboxylic acids is 2. The summed E-state index contributed by atoms with van der Waals surface area (Å²) in [6, 6.07) is 11.9. The molecule has 0 radical (unpaired) electrons. The molecule has 0 aliphatic rings. The van der Waals surface area contributed by atoms with Gasteiger partial charge in [-0.3, -0.25) is 4.79 Å². The van der Waals surface area contributed by atoms with Crippen LogP contribution in [0, 0.1) is 6.92 Å². The highest BCUT2D eigenvalue weighted by Gasteiger charge is 2.07. The lowest BCUT2D eigenvalue weighted by molar-refractivity contribution is 0.0600. The Morgan fingerprint density at radius 2 is 1.80 bits per heavy atom. The maximum absolute atomic E-state index is 11.3. The van der Waals surface area contributed by atoms with Gasteiger partial charge in [0.25, 0.3) is 0 Å². The summed E-state index contributed by atoms with van der Waals surface area (Å²) in [5.74, 6) is 0.626. The fourth-order valence-corrected chi connectivity index (χ4v) is 1.76. The van der Waals surface area contributed by atoms with Crippen LogP contribution in [0.25, 0.3) is 0 Å². The quantitative estimate of drug-likeness (QED) is 0.631. The SMILES string of the molecule is COC(=O)c1ccc(Oc2ccc(C)cc2C=O)cc1. The zero-order valence-electron chi connectivity index (χ0n) is 11.3. The maximum atomic E-state index is 11.3. The van der Waals surface area contributed by atoms with Gasteiger partial charge < -0.3 is 9.47 Å². The molecule has 20 heavy (non-hydrogen) atoms. The minimum Gasteiger partial charge on any atom is -0.465 e. The summed E-state index contributed by atoms with van der Waals surface area (Å²) in [6.45, 7) is 1.90. The summed E-state index contributed by atoms with van der Waals surface area (Å²) in [4.78, 5) is 22.3. The highest BCUT2D eigenvalue weighted by atomic mass is 16.5. The van der Waals surface area contributed by atoms with E-state index in [0.29, 0.717) is 22.6 Å². The van der Waals surface area contributed by atoms with Crippen LogP contribution in [0.4, 0.5) is 0 Å². The smallest absolute Gasteiger partial charge is 0.337 e. The lowest BCUT2D eigenvalue weighted by atomic mass is 10.1. The molecule has 0 unspecified atom stereocenters. The van der Waals surface area contributed by atoms with Crippen LogP contribution in [0.2, 0.25) is 0 Å². The molecule has 4 nitrogen and oxygen atoms in total. The lowest BCUT2D eigenvalue weighted by Crippen LogP contribution is -2.00. The number of aldehydes is 1. The molecule has 0 spiro atoms. The van der Waals surface area contributed by atoms with Gasteiger partial charge in [-0.05, 0) is 43.3 Å². The summed E-state index contributed by atoms with van der Waals surface area (Å²) in [6.07, 6.45) is 0.755. The van der Waals surface area contributed by atoms with Crippen LogP contribution < -0.4 is 4.74 Å². The molecule has 0 fully saturated rings. The molecule has 4 heteroatoms. The van der Waals surface area contributed by atoms with E-state index in [1.807, 2.05) is 13.0 Å². The second-order valence-electron chi connectivity index (χ2n) is 4.28. The fraction of sp³-hybridized carbons (Fsp3) is 0.125. The van der Waals surface area contributed by atoms with Crippen molar-refractivity contribution in [3.8, 4) is 11.5 Å². The second-order valence-corrected chi connectivity index (χ2v) is 4.28. The number of hydrogen-bond acceptors (Lipinski definition) is 4. The zero-order valence-corrected chi connectivity index (χ0v) is 11.3. The Bertz CT molecular complexity index is 629. The number of rotatable bonds is 4. The number of esters is 1. The summed E-state index contributed by atoms with van der Waals surface area (Å²) in [5.41, 5.74) is 1.92. The van der Waals surface area contributed by atoms with E-state index in [2.05, 4.69) is 4.74 Å². The van der Waals surface area contributed by atoms with Gasteiger partial charge in [0, 0.05) is 0 Å². The van der Waals surface area contributed by atoms with E-state index in [-0.39, 0.29) is 0 Å². The third-order valence-corrected chi connectivity index (χ3v) is 2.80. The van der Waals surface area contributed by atoms with E-state index in [9.17, 15) is 9.59 Å². The molecule has 0 saturated heterocycles. The van der Waals surface area contributed by atoms with Crippen LogP contribution in [-0.2, 0) is 4.74 Å². The molecule has 102 valence electrons. The summed E-state index contributed by atoms with van der Waals surface area (Å²) < 4.78 is 10.3. The Morgan fingerprint density at radius 3 is 2.40 bits per heavy atom. The molecule has 2 rings (SSSR count). The van der Waals surface area contributed by atoms with Crippen molar-refractivity contribution in [1.29, 1.82) is 0 Å². The van der Waals surface area contributed by atoms with Gasteiger partial charge in [-0.2, -0.15) is 0 Å². The molecule has 0 N–H and O–H groups in total. The number of methoxy groups -OCH3 is 1. The minimum absolute atomic E-state index is 0.402. The predicted octanol–water partition coefficient (Wildman–Crippen LogP) is 3.39. The topological polar surface area (TPSA) is 52.6 Å². The van der Waals surface area contributed by atoms with Gasteiger partial charge in [0.2, 0.25) is 0 Å². The van der Waals surface area contributed by atoms with Crippen molar-refractivity contribution in [3.05, 3.63) is 59.2 Å². The highest BCUT2D eigenvalue weighted by molar-refractivity contribution is 5.89. The van der Waals surface area contributed by atoms with Gasteiger partial charge in [-0.1, -0.05) is 11.6 Å². The maximum Gasteiger partial charge on any atom is 0.337 e. The number of carbonyl (C=O) groups is 2. The minimum atomic E-state index is -0.402. The van der Waals surface area contributed by atoms with Crippen molar-refractivity contribution in [3.63, 3.8) is 0 Å². The van der Waals surface area contributed by atoms with Gasteiger partial charge in [0.1, 0.15) is 11.5 Å². The van der Waals surface area contributed by atoms with Crippen molar-refractivity contribution >= 4 is 12.3 Å². The largest absolute Gasteiger partial charge is 0.465 e. The number of hydrogen-bond donors (Lipinski definition) is 0. The van der Waals surface area contributed by atoms with Crippen LogP contribution in [0.15, 0.2) is 42.5 Å². The number of ether oxygens (including phenoxy) is 2. The van der Waals surface area contributed by atoms with Crippen LogP contribution in [-0.4, -0.2) is 19.4 Å². The van der Waals surface area contributed by atoms with Crippen molar-refractivity contribution < 1.29 is 19.1 Å². The van der Waals surface area contributed by atoms with Crippen LogP contribution in [0.3, 0.4) is 0 Å². The Kier molecular flexibility index (Phi) is 4.15. The summed E-state index contributed by atoms with van der Waals surface area (Å²) >= 11 is 0. The Morgan fingerprint density at radius 1 is 1.10 bits per heavy atom. The van der Waals surface area contributed by atoms with Gasteiger partial charge in [0.05, 0.1) is 18.2 Å². The Hall–Kier alpha value is -2.62. The molecule has 0 bridgehead atoms. The van der Waals surface area contributed by atoms with Gasteiger partial charge in [0.15, 0.2) is 6.29 Å². The molecule has 0 saturated carbocycles. The van der Waals surface area contributed by atoms with Crippen molar-refractivity contribution in [2.45, 2.75) is 6.92 Å². The third kappa shape index (κ3) is 3.03. The predicted molar refractivity (Wildman–Crippen MR) is 74.4 cm³/mol. The first-order valence-corrected chi connectivity index (χ1v) is 6.06. The molecular weight excluding hydrogens is 256 g/mol. The van der Waals surface area contributed by atoms with Gasteiger partial charge in [-0.25, -0.2) is 4.79 Å². The molecule has 0 aliphatic heterocycles. The standard InChI is InChI=1S/C16H14O4/c1-11-3-8-15(13(9-11)10-17)20-14-6-4-12(5-7-14)16(18)19-2/h3-10H,1-2H3. The highest BCUT2D eigenvalue weighted by Crippen LogP contribution is 2.25. The first-order valence-electron chi connectivity index (χ1n) is 6.06. The molecule has 0 atom stereocenters. The normalized spacial score (nSPS) is 9.90. The Labute approximate surface area is 116 Å². The Balaban J connectivity index is 2.22. The molecule has 0 amide bonds. The van der Waals surface area contributed by atoms with Gasteiger partial charge in [-0.15, -0.1) is 0 Å². The number of benzene rings is 2. The van der Waals surface area contributed by atoms with E-state index in [0.717, 1.165) is 11.8 Å². The van der Waals surface area contributed by atoms with Crippen molar-refractivity contribution in [2.75, 3.05) is 7.11 Å². The van der Waals surface area contributed by atoms with Crippen LogP contribution >= 0.6 is 0 Å². The van der Waals surface area contributed by atoms with E-state index < -0.39 is 5.97 Å². The van der Waals surface area contributed by atoms with E-state index in [4.69, 9.17) is 4.74 Å². The number of aryl methyl sites for hydroxylation is 1. The van der Waals surface area contributed by atoms with Crippen LogP contribution in [0.1, 0.15) is 26.3 Å². The molecule has 0 heterocycles. The summed E-state index contributed by atoms with van der Waals surface area (Å²) in [5, 5.41) is 0. The second kappa shape index (κ2) is 6.02. The van der Waals surface area contributed by atoms with E-state index in [1.54, 1.807) is 36.4 Å². The summed E-state index contributed by atoms with van der Waals surface area (Å²) in [7, 11) is 1.33. The third-order valence-electron chi connectivity index (χ3n) is 2.80. The molecule has 2 aromatic rings.